The fourth-order valence-electron chi connectivity index (χ4n) is 2.59. The van der Waals surface area contributed by atoms with E-state index in [1.165, 1.54) is 18.4 Å². The average molecular weight is 296 g/mol. The van der Waals surface area contributed by atoms with Gasteiger partial charge in [0.1, 0.15) is 5.75 Å². The Bertz CT molecular complexity index is 433. The third kappa shape index (κ3) is 4.39. The number of rotatable bonds is 4. The standard InChI is InChI=1S/C17H26ClNO/c1-17(2,3)14-6-7-16(15(18)11-14)20-10-8-13-5-4-9-19-12-13/h6-7,11,13,19H,4-5,8-10,12H2,1-3H3/t13-/m1/s1. The minimum absolute atomic E-state index is 0.121. The highest BCUT2D eigenvalue weighted by Gasteiger charge is 2.16. The zero-order chi connectivity index (χ0) is 14.6. The minimum atomic E-state index is 0.121. The third-order valence-corrected chi connectivity index (χ3v) is 4.28. The van der Waals surface area contributed by atoms with E-state index in [0.29, 0.717) is 0 Å². The molecule has 1 aromatic rings. The van der Waals surface area contributed by atoms with Crippen LogP contribution in [-0.4, -0.2) is 19.7 Å². The summed E-state index contributed by atoms with van der Waals surface area (Å²) in [6.45, 7) is 9.61. The van der Waals surface area contributed by atoms with Gasteiger partial charge in [-0.3, -0.25) is 0 Å². The van der Waals surface area contributed by atoms with Crippen molar-refractivity contribution in [2.75, 3.05) is 19.7 Å². The van der Waals surface area contributed by atoms with E-state index in [0.717, 1.165) is 42.8 Å². The highest BCUT2D eigenvalue weighted by molar-refractivity contribution is 6.32. The van der Waals surface area contributed by atoms with Gasteiger partial charge in [-0.25, -0.2) is 0 Å². The molecule has 1 fully saturated rings. The molecule has 0 unspecified atom stereocenters. The summed E-state index contributed by atoms with van der Waals surface area (Å²) in [6.07, 6.45) is 3.70. The van der Waals surface area contributed by atoms with Gasteiger partial charge in [0.15, 0.2) is 0 Å². The lowest BCUT2D eigenvalue weighted by Gasteiger charge is -2.23. The second-order valence-corrected chi connectivity index (χ2v) is 7.15. The molecule has 0 bridgehead atoms. The van der Waals surface area contributed by atoms with Crippen molar-refractivity contribution in [1.82, 2.24) is 5.32 Å². The lowest BCUT2D eigenvalue weighted by Crippen LogP contribution is -2.30. The summed E-state index contributed by atoms with van der Waals surface area (Å²) >= 11 is 6.32. The summed E-state index contributed by atoms with van der Waals surface area (Å²) in [6, 6.07) is 6.14. The van der Waals surface area contributed by atoms with E-state index in [2.05, 4.69) is 32.2 Å². The molecule has 0 aliphatic carbocycles. The second-order valence-electron chi connectivity index (χ2n) is 6.74. The summed E-state index contributed by atoms with van der Waals surface area (Å²) in [7, 11) is 0. The number of nitrogens with one attached hydrogen (secondary N) is 1. The van der Waals surface area contributed by atoms with Crippen LogP contribution in [0, 0.1) is 5.92 Å². The Morgan fingerprint density at radius 3 is 2.75 bits per heavy atom. The first kappa shape index (κ1) is 15.7. The maximum absolute atomic E-state index is 6.32. The van der Waals surface area contributed by atoms with Crippen molar-refractivity contribution < 1.29 is 4.74 Å². The van der Waals surface area contributed by atoms with E-state index in [-0.39, 0.29) is 5.41 Å². The molecule has 0 saturated carbocycles. The lowest BCUT2D eigenvalue weighted by atomic mass is 9.87. The molecule has 0 radical (unpaired) electrons. The molecule has 1 saturated heterocycles. The normalized spacial score (nSPS) is 19.9. The minimum Gasteiger partial charge on any atom is -0.492 e. The number of piperidine rings is 1. The molecule has 0 amide bonds. The van der Waals surface area contributed by atoms with Gasteiger partial charge in [-0.15, -0.1) is 0 Å². The molecular weight excluding hydrogens is 270 g/mol. The summed E-state index contributed by atoms with van der Waals surface area (Å²) in [4.78, 5) is 0. The van der Waals surface area contributed by atoms with Gasteiger partial charge in [0.25, 0.3) is 0 Å². The van der Waals surface area contributed by atoms with E-state index in [1.807, 2.05) is 12.1 Å². The monoisotopic (exact) mass is 295 g/mol. The lowest BCUT2D eigenvalue weighted by molar-refractivity contribution is 0.254. The van der Waals surface area contributed by atoms with Crippen LogP contribution in [0.15, 0.2) is 18.2 Å². The molecule has 1 N–H and O–H groups in total. The summed E-state index contributed by atoms with van der Waals surface area (Å²) in [5.74, 6) is 1.56. The maximum Gasteiger partial charge on any atom is 0.137 e. The van der Waals surface area contributed by atoms with Crippen molar-refractivity contribution in [2.45, 2.75) is 45.4 Å². The Morgan fingerprint density at radius 2 is 2.15 bits per heavy atom. The molecule has 20 heavy (non-hydrogen) atoms. The second kappa shape index (κ2) is 6.82. The Balaban J connectivity index is 1.86. The van der Waals surface area contributed by atoms with Gasteiger partial charge in [0.2, 0.25) is 0 Å². The van der Waals surface area contributed by atoms with Gasteiger partial charge in [-0.2, -0.15) is 0 Å². The summed E-state index contributed by atoms with van der Waals surface area (Å²) < 4.78 is 5.85. The molecule has 1 atom stereocenters. The molecule has 3 heteroatoms. The molecule has 112 valence electrons. The molecule has 0 spiro atoms. The van der Waals surface area contributed by atoms with Gasteiger partial charge >= 0.3 is 0 Å². The van der Waals surface area contributed by atoms with Crippen LogP contribution in [0.4, 0.5) is 0 Å². The van der Waals surface area contributed by atoms with Crippen molar-refractivity contribution in [3.8, 4) is 5.75 Å². The number of halogens is 1. The van der Waals surface area contributed by atoms with Crippen molar-refractivity contribution >= 4 is 11.6 Å². The van der Waals surface area contributed by atoms with Gasteiger partial charge in [-0.05, 0) is 61.4 Å². The maximum atomic E-state index is 6.32. The molecule has 1 aromatic carbocycles. The highest BCUT2D eigenvalue weighted by Crippen LogP contribution is 2.31. The van der Waals surface area contributed by atoms with Crippen molar-refractivity contribution in [1.29, 1.82) is 0 Å². The van der Waals surface area contributed by atoms with E-state index >= 15 is 0 Å². The van der Waals surface area contributed by atoms with Crippen molar-refractivity contribution in [3.05, 3.63) is 28.8 Å². The molecule has 1 heterocycles. The summed E-state index contributed by atoms with van der Waals surface area (Å²) in [5.41, 5.74) is 1.36. The Hall–Kier alpha value is -0.730. The first-order chi connectivity index (χ1) is 9.47. The van der Waals surface area contributed by atoms with E-state index in [4.69, 9.17) is 16.3 Å². The predicted octanol–water partition coefficient (Wildman–Crippen LogP) is 4.41. The molecule has 0 aromatic heterocycles. The number of benzene rings is 1. The topological polar surface area (TPSA) is 21.3 Å². The predicted molar refractivity (Wildman–Crippen MR) is 85.9 cm³/mol. The number of hydrogen-bond acceptors (Lipinski definition) is 2. The third-order valence-electron chi connectivity index (χ3n) is 3.98. The first-order valence-corrected chi connectivity index (χ1v) is 7.98. The Labute approximate surface area is 127 Å². The zero-order valence-electron chi connectivity index (χ0n) is 12.8. The van der Waals surface area contributed by atoms with Gasteiger partial charge < -0.3 is 10.1 Å². The highest BCUT2D eigenvalue weighted by atomic mass is 35.5. The fraction of sp³-hybridized carbons (Fsp3) is 0.647. The van der Waals surface area contributed by atoms with Crippen LogP contribution in [0.5, 0.6) is 5.75 Å². The molecule has 1 aliphatic heterocycles. The van der Waals surface area contributed by atoms with E-state index < -0.39 is 0 Å². The molecular formula is C17H26ClNO. The molecule has 1 aliphatic rings. The number of ether oxygens (including phenoxy) is 1. The van der Waals surface area contributed by atoms with E-state index in [1.54, 1.807) is 0 Å². The molecule has 2 nitrogen and oxygen atoms in total. The van der Waals surface area contributed by atoms with Crippen molar-refractivity contribution in [2.24, 2.45) is 5.92 Å². The molecule has 2 rings (SSSR count). The Morgan fingerprint density at radius 1 is 1.35 bits per heavy atom. The largest absolute Gasteiger partial charge is 0.492 e. The SMILES string of the molecule is CC(C)(C)c1ccc(OCC[C@H]2CCCNC2)c(Cl)c1. The fourth-order valence-corrected chi connectivity index (χ4v) is 2.83. The van der Waals surface area contributed by atoms with Crippen LogP contribution in [0.2, 0.25) is 5.02 Å². The van der Waals surface area contributed by atoms with E-state index in [9.17, 15) is 0 Å². The van der Waals surface area contributed by atoms with Crippen LogP contribution in [0.1, 0.15) is 45.6 Å². The van der Waals surface area contributed by atoms with Crippen LogP contribution in [0.3, 0.4) is 0 Å². The van der Waals surface area contributed by atoms with Crippen molar-refractivity contribution in [3.63, 3.8) is 0 Å². The van der Waals surface area contributed by atoms with Gasteiger partial charge in [-0.1, -0.05) is 38.4 Å². The Kier molecular flexibility index (Phi) is 5.34. The van der Waals surface area contributed by atoms with Crippen LogP contribution >= 0.6 is 11.6 Å². The smallest absolute Gasteiger partial charge is 0.137 e. The summed E-state index contributed by atoms with van der Waals surface area (Å²) in [5, 5.41) is 4.16. The first-order valence-electron chi connectivity index (χ1n) is 7.60. The quantitative estimate of drug-likeness (QED) is 0.888. The zero-order valence-corrected chi connectivity index (χ0v) is 13.6. The van der Waals surface area contributed by atoms with Gasteiger partial charge in [0.05, 0.1) is 11.6 Å². The average Bonchev–Trinajstić information content (AvgIpc) is 2.40. The van der Waals surface area contributed by atoms with Crippen LogP contribution < -0.4 is 10.1 Å². The van der Waals surface area contributed by atoms with Gasteiger partial charge in [0, 0.05) is 0 Å². The van der Waals surface area contributed by atoms with Crippen LogP contribution in [-0.2, 0) is 5.41 Å². The van der Waals surface area contributed by atoms with Crippen LogP contribution in [0.25, 0.3) is 0 Å². The number of hydrogen-bond donors (Lipinski definition) is 1.